The number of fused-ring (bicyclic) bond motifs is 1. The fourth-order valence-corrected chi connectivity index (χ4v) is 4.24. The van der Waals surface area contributed by atoms with Gasteiger partial charge in [0.2, 0.25) is 0 Å². The first-order valence-corrected chi connectivity index (χ1v) is 11.2. The Morgan fingerprint density at radius 3 is 2.70 bits per heavy atom. The molecule has 174 valence electrons. The van der Waals surface area contributed by atoms with E-state index in [4.69, 9.17) is 0 Å². The van der Waals surface area contributed by atoms with Crippen molar-refractivity contribution in [3.05, 3.63) is 35.9 Å². The van der Waals surface area contributed by atoms with Crippen LogP contribution in [-0.2, 0) is 4.79 Å². The number of nitrogens with zero attached hydrogens (tertiary/aromatic N) is 5. The van der Waals surface area contributed by atoms with Gasteiger partial charge >= 0.3 is 0 Å². The van der Waals surface area contributed by atoms with E-state index in [2.05, 4.69) is 25.8 Å². The monoisotopic (exact) mass is 457 g/mol. The van der Waals surface area contributed by atoms with E-state index in [1.54, 1.807) is 12.3 Å². The van der Waals surface area contributed by atoms with Gasteiger partial charge in [0.05, 0.1) is 17.9 Å². The SMILES string of the molecule is O=CC1CCC(n2cc(NC(=O)c3cnn4ccc(NCC5CC5)nc34)c(C(F)F)n2)CC1. The Balaban J connectivity index is 1.35. The van der Waals surface area contributed by atoms with E-state index in [-0.39, 0.29) is 23.2 Å². The number of anilines is 2. The van der Waals surface area contributed by atoms with Crippen molar-refractivity contribution in [1.29, 1.82) is 0 Å². The minimum Gasteiger partial charge on any atom is -0.370 e. The zero-order valence-electron chi connectivity index (χ0n) is 18.0. The molecular formula is C22H25F2N7O2. The zero-order chi connectivity index (χ0) is 22.9. The van der Waals surface area contributed by atoms with Crippen LogP contribution >= 0.6 is 0 Å². The first-order chi connectivity index (χ1) is 16.0. The molecule has 2 N–H and O–H groups in total. The van der Waals surface area contributed by atoms with Gasteiger partial charge in [-0.1, -0.05) is 0 Å². The molecular weight excluding hydrogens is 432 g/mol. The number of carbonyl (C=O) groups excluding carboxylic acids is 2. The lowest BCUT2D eigenvalue weighted by Gasteiger charge is -2.25. The number of alkyl halides is 2. The standard InChI is InChI=1S/C22H25F2N7O2/c23-20(24)19-17(11-31(29-19)15-5-3-14(12-32)4-6-15)27-22(33)16-10-26-30-8-7-18(28-21(16)30)25-9-13-1-2-13/h7-8,10-15,20H,1-6,9H2,(H,25,28)(H,27,33). The summed E-state index contributed by atoms with van der Waals surface area (Å²) in [4.78, 5) is 28.4. The molecule has 2 saturated carbocycles. The van der Waals surface area contributed by atoms with Crippen LogP contribution in [0.5, 0.6) is 0 Å². The number of amides is 1. The summed E-state index contributed by atoms with van der Waals surface area (Å²) in [5.74, 6) is 0.727. The number of halogens is 2. The summed E-state index contributed by atoms with van der Waals surface area (Å²) in [6, 6.07) is 1.70. The number of hydrogen-bond donors (Lipinski definition) is 2. The summed E-state index contributed by atoms with van der Waals surface area (Å²) in [5, 5.41) is 14.0. The van der Waals surface area contributed by atoms with Crippen LogP contribution in [0.4, 0.5) is 20.3 Å². The fourth-order valence-electron chi connectivity index (χ4n) is 4.24. The van der Waals surface area contributed by atoms with Crippen molar-refractivity contribution in [2.45, 2.75) is 51.0 Å². The van der Waals surface area contributed by atoms with Crippen LogP contribution in [0.15, 0.2) is 24.7 Å². The van der Waals surface area contributed by atoms with Crippen molar-refractivity contribution >= 4 is 29.3 Å². The molecule has 3 aromatic rings. The normalized spacial score (nSPS) is 20.8. The molecule has 5 rings (SSSR count). The summed E-state index contributed by atoms with van der Waals surface area (Å²) in [6.45, 7) is 0.824. The van der Waals surface area contributed by atoms with Crippen LogP contribution in [0.2, 0.25) is 0 Å². The predicted molar refractivity (Wildman–Crippen MR) is 116 cm³/mol. The van der Waals surface area contributed by atoms with Crippen molar-refractivity contribution in [2.75, 3.05) is 17.2 Å². The molecule has 33 heavy (non-hydrogen) atoms. The first-order valence-electron chi connectivity index (χ1n) is 11.2. The van der Waals surface area contributed by atoms with Gasteiger partial charge in [0, 0.05) is 24.9 Å². The summed E-state index contributed by atoms with van der Waals surface area (Å²) < 4.78 is 30.3. The van der Waals surface area contributed by atoms with Gasteiger partial charge in [0.1, 0.15) is 17.7 Å². The van der Waals surface area contributed by atoms with Gasteiger partial charge < -0.3 is 15.4 Å². The minimum atomic E-state index is -2.84. The molecule has 3 heterocycles. The molecule has 9 nitrogen and oxygen atoms in total. The van der Waals surface area contributed by atoms with E-state index in [0.29, 0.717) is 43.1 Å². The van der Waals surface area contributed by atoms with E-state index in [0.717, 1.165) is 12.8 Å². The highest BCUT2D eigenvalue weighted by Crippen LogP contribution is 2.34. The van der Waals surface area contributed by atoms with Crippen molar-refractivity contribution in [1.82, 2.24) is 24.4 Å². The summed E-state index contributed by atoms with van der Waals surface area (Å²) >= 11 is 0. The van der Waals surface area contributed by atoms with Crippen molar-refractivity contribution in [2.24, 2.45) is 11.8 Å². The predicted octanol–water partition coefficient (Wildman–Crippen LogP) is 3.87. The molecule has 0 aliphatic heterocycles. The summed E-state index contributed by atoms with van der Waals surface area (Å²) in [5.41, 5.74) is 0.0166. The van der Waals surface area contributed by atoms with Crippen LogP contribution in [0, 0.1) is 11.8 Å². The highest BCUT2D eigenvalue weighted by molar-refractivity contribution is 6.08. The molecule has 0 bridgehead atoms. The molecule has 0 spiro atoms. The van der Waals surface area contributed by atoms with Crippen LogP contribution in [0.3, 0.4) is 0 Å². The first kappa shape index (κ1) is 21.5. The third-order valence-electron chi connectivity index (χ3n) is 6.41. The highest BCUT2D eigenvalue weighted by atomic mass is 19.3. The zero-order valence-corrected chi connectivity index (χ0v) is 18.0. The Bertz CT molecular complexity index is 1160. The average molecular weight is 457 g/mol. The molecule has 0 radical (unpaired) electrons. The Hall–Kier alpha value is -3.37. The molecule has 0 unspecified atom stereocenters. The number of aromatic nitrogens is 5. The maximum Gasteiger partial charge on any atom is 0.284 e. The van der Waals surface area contributed by atoms with Gasteiger partial charge in [-0.25, -0.2) is 18.3 Å². The maximum absolute atomic E-state index is 13.7. The Kier molecular flexibility index (Phi) is 5.77. The molecule has 0 aromatic carbocycles. The van der Waals surface area contributed by atoms with Gasteiger partial charge in [-0.3, -0.25) is 9.48 Å². The highest BCUT2D eigenvalue weighted by Gasteiger charge is 2.27. The van der Waals surface area contributed by atoms with Crippen molar-refractivity contribution in [3.8, 4) is 0 Å². The second-order valence-electron chi connectivity index (χ2n) is 8.83. The lowest BCUT2D eigenvalue weighted by molar-refractivity contribution is -0.112. The second kappa shape index (κ2) is 8.87. The average Bonchev–Trinajstić information content (AvgIpc) is 3.41. The maximum atomic E-state index is 13.7. The molecule has 2 aliphatic carbocycles. The topological polar surface area (TPSA) is 106 Å². The smallest absolute Gasteiger partial charge is 0.284 e. The van der Waals surface area contributed by atoms with E-state index >= 15 is 0 Å². The van der Waals surface area contributed by atoms with Gasteiger partial charge in [-0.05, 0) is 50.5 Å². The molecule has 3 aromatic heterocycles. The largest absolute Gasteiger partial charge is 0.370 e. The molecule has 11 heteroatoms. The van der Waals surface area contributed by atoms with Crippen LogP contribution < -0.4 is 10.6 Å². The lowest BCUT2D eigenvalue weighted by atomic mass is 9.87. The quantitative estimate of drug-likeness (QED) is 0.498. The third kappa shape index (κ3) is 4.57. The van der Waals surface area contributed by atoms with Crippen molar-refractivity contribution in [3.63, 3.8) is 0 Å². The van der Waals surface area contributed by atoms with Gasteiger partial charge in [-0.2, -0.15) is 10.2 Å². The number of rotatable bonds is 8. The lowest BCUT2D eigenvalue weighted by Crippen LogP contribution is -2.19. The van der Waals surface area contributed by atoms with Crippen LogP contribution in [0.1, 0.15) is 67.0 Å². The molecule has 0 atom stereocenters. The Morgan fingerprint density at radius 2 is 2.00 bits per heavy atom. The van der Waals surface area contributed by atoms with Gasteiger partial charge in [-0.15, -0.1) is 0 Å². The molecule has 0 saturated heterocycles. The van der Waals surface area contributed by atoms with E-state index in [1.807, 2.05) is 0 Å². The molecule has 2 aliphatic rings. The van der Waals surface area contributed by atoms with Crippen LogP contribution in [0.25, 0.3) is 5.65 Å². The summed E-state index contributed by atoms with van der Waals surface area (Å²) in [7, 11) is 0. The number of hydrogen-bond acceptors (Lipinski definition) is 6. The Labute approximate surface area is 188 Å². The molecule has 2 fully saturated rings. The van der Waals surface area contributed by atoms with Gasteiger partial charge in [0.15, 0.2) is 11.3 Å². The third-order valence-corrected chi connectivity index (χ3v) is 6.41. The number of carbonyl (C=O) groups is 2. The number of aldehydes is 1. The summed E-state index contributed by atoms with van der Waals surface area (Å²) in [6.07, 6.45) is 7.79. The molecule has 1 amide bonds. The Morgan fingerprint density at radius 1 is 1.21 bits per heavy atom. The number of nitrogens with one attached hydrogen (secondary N) is 2. The van der Waals surface area contributed by atoms with Crippen molar-refractivity contribution < 1.29 is 18.4 Å². The van der Waals surface area contributed by atoms with E-state index in [1.165, 1.54) is 34.4 Å². The van der Waals surface area contributed by atoms with E-state index < -0.39 is 18.0 Å². The second-order valence-corrected chi connectivity index (χ2v) is 8.83. The van der Waals surface area contributed by atoms with Crippen LogP contribution in [-0.4, -0.2) is 43.1 Å². The fraction of sp³-hybridized carbons (Fsp3) is 0.500. The minimum absolute atomic E-state index is 0.0114. The van der Waals surface area contributed by atoms with E-state index in [9.17, 15) is 18.4 Å². The van der Waals surface area contributed by atoms with Gasteiger partial charge in [0.25, 0.3) is 12.3 Å².